The maximum atomic E-state index is 12.6. The standard InChI is InChI=1S/C14H11Cl2N3O3S2/c1-17-8-3-6(15)7(16)4-9(8)18(2)12(17)11-13(22)19(5-10(20)21)14(23)24-11/h3-4H,5H2,1-2H3,(H,20,21). The lowest BCUT2D eigenvalue weighted by Crippen LogP contribution is -2.34. The van der Waals surface area contributed by atoms with E-state index in [2.05, 4.69) is 0 Å². The molecule has 6 nitrogen and oxygen atoms in total. The molecule has 1 aromatic rings. The molecule has 1 fully saturated rings. The van der Waals surface area contributed by atoms with E-state index >= 15 is 0 Å². The van der Waals surface area contributed by atoms with Gasteiger partial charge in [-0.15, -0.1) is 0 Å². The lowest BCUT2D eigenvalue weighted by atomic mass is 10.2. The van der Waals surface area contributed by atoms with Gasteiger partial charge in [0.15, 0.2) is 0 Å². The van der Waals surface area contributed by atoms with Crippen molar-refractivity contribution in [3.8, 4) is 0 Å². The molecular formula is C14H11Cl2N3O3S2. The fourth-order valence-electron chi connectivity index (χ4n) is 2.63. The predicted molar refractivity (Wildman–Crippen MR) is 99.8 cm³/mol. The highest BCUT2D eigenvalue weighted by Crippen LogP contribution is 2.47. The summed E-state index contributed by atoms with van der Waals surface area (Å²) in [5.74, 6) is -0.938. The molecule has 2 heterocycles. The summed E-state index contributed by atoms with van der Waals surface area (Å²) in [7, 11) is 3.59. The van der Waals surface area contributed by atoms with Gasteiger partial charge in [0.2, 0.25) is 0 Å². The number of nitrogens with zero attached hydrogens (tertiary/aromatic N) is 3. The number of hydrogen-bond donors (Lipinski definition) is 1. The van der Waals surface area contributed by atoms with E-state index in [4.69, 9.17) is 40.5 Å². The number of thiocarbonyl (C=S) groups is 1. The number of carboxylic acids is 1. The zero-order chi connectivity index (χ0) is 17.8. The number of benzene rings is 1. The Morgan fingerprint density at radius 2 is 1.71 bits per heavy atom. The second-order valence-corrected chi connectivity index (χ2v) is 7.64. The molecule has 1 amide bonds. The van der Waals surface area contributed by atoms with Crippen molar-refractivity contribution < 1.29 is 14.7 Å². The van der Waals surface area contributed by atoms with Crippen molar-refractivity contribution in [2.75, 3.05) is 30.4 Å². The van der Waals surface area contributed by atoms with Crippen LogP contribution in [0.4, 0.5) is 11.4 Å². The Morgan fingerprint density at radius 3 is 2.17 bits per heavy atom. The molecule has 24 heavy (non-hydrogen) atoms. The lowest BCUT2D eigenvalue weighted by molar-refractivity contribution is -0.140. The Morgan fingerprint density at radius 1 is 1.21 bits per heavy atom. The Labute approximate surface area is 157 Å². The van der Waals surface area contributed by atoms with Crippen LogP contribution in [0.1, 0.15) is 0 Å². The minimum absolute atomic E-state index is 0.221. The molecule has 1 aromatic carbocycles. The second kappa shape index (κ2) is 6.11. The highest BCUT2D eigenvalue weighted by Gasteiger charge is 2.40. The van der Waals surface area contributed by atoms with Gasteiger partial charge in [-0.25, -0.2) is 0 Å². The fraction of sp³-hybridized carbons (Fsp3) is 0.214. The van der Waals surface area contributed by atoms with Gasteiger partial charge in [-0.1, -0.05) is 47.2 Å². The highest BCUT2D eigenvalue weighted by molar-refractivity contribution is 8.26. The van der Waals surface area contributed by atoms with Crippen LogP contribution in [0.25, 0.3) is 0 Å². The topological polar surface area (TPSA) is 64.1 Å². The molecule has 2 aliphatic heterocycles. The summed E-state index contributed by atoms with van der Waals surface area (Å²) in [6.45, 7) is -0.459. The predicted octanol–water partition coefficient (Wildman–Crippen LogP) is 2.99. The fourth-order valence-corrected chi connectivity index (χ4v) is 4.33. The number of carbonyl (C=O) groups excluding carboxylic acids is 1. The van der Waals surface area contributed by atoms with Crippen molar-refractivity contribution in [1.29, 1.82) is 0 Å². The summed E-state index contributed by atoms with van der Waals surface area (Å²) >= 11 is 18.4. The molecule has 0 bridgehead atoms. The molecule has 0 aromatic heterocycles. The van der Waals surface area contributed by atoms with Crippen LogP contribution in [0.15, 0.2) is 22.9 Å². The molecule has 0 spiro atoms. The molecule has 1 N–H and O–H groups in total. The number of aliphatic carboxylic acids is 1. The Balaban J connectivity index is 2.07. The SMILES string of the molecule is CN1C(=C2SC(=S)N(CC(=O)O)C2=O)N(C)c2cc(Cl)c(Cl)cc21. The van der Waals surface area contributed by atoms with Crippen LogP contribution in [0.3, 0.4) is 0 Å². The summed E-state index contributed by atoms with van der Waals surface area (Å²) in [6, 6.07) is 3.45. The first kappa shape index (κ1) is 17.3. The van der Waals surface area contributed by atoms with E-state index in [1.54, 1.807) is 26.2 Å². The number of carbonyl (C=O) groups is 2. The average Bonchev–Trinajstić information content (AvgIpc) is 2.89. The van der Waals surface area contributed by atoms with Crippen LogP contribution in [-0.4, -0.2) is 46.8 Å². The maximum Gasteiger partial charge on any atom is 0.323 e. The second-order valence-electron chi connectivity index (χ2n) is 5.18. The molecular weight excluding hydrogens is 393 g/mol. The van der Waals surface area contributed by atoms with E-state index in [9.17, 15) is 9.59 Å². The average molecular weight is 404 g/mol. The van der Waals surface area contributed by atoms with Gasteiger partial charge in [0, 0.05) is 14.1 Å². The van der Waals surface area contributed by atoms with E-state index < -0.39 is 18.4 Å². The summed E-state index contributed by atoms with van der Waals surface area (Å²) in [5, 5.41) is 9.76. The minimum atomic E-state index is -1.12. The molecule has 10 heteroatoms. The van der Waals surface area contributed by atoms with Crippen LogP contribution >= 0.6 is 47.2 Å². The van der Waals surface area contributed by atoms with Crippen LogP contribution in [0, 0.1) is 0 Å². The van der Waals surface area contributed by atoms with Gasteiger partial charge < -0.3 is 14.9 Å². The number of amides is 1. The third-order valence-corrected chi connectivity index (χ3v) is 5.87. The Hall–Kier alpha value is -1.48. The molecule has 1 saturated heterocycles. The van der Waals surface area contributed by atoms with Gasteiger partial charge in [-0.05, 0) is 12.1 Å². The van der Waals surface area contributed by atoms with Crippen molar-refractivity contribution in [3.05, 3.63) is 32.9 Å². The number of hydrogen-bond acceptors (Lipinski definition) is 6. The van der Waals surface area contributed by atoms with Crippen LogP contribution in [-0.2, 0) is 9.59 Å². The largest absolute Gasteiger partial charge is 0.480 e. The van der Waals surface area contributed by atoms with Crippen LogP contribution in [0.2, 0.25) is 10.0 Å². The number of anilines is 2. The van der Waals surface area contributed by atoms with Gasteiger partial charge in [0.05, 0.1) is 21.4 Å². The van der Waals surface area contributed by atoms with Crippen molar-refractivity contribution in [3.63, 3.8) is 0 Å². The van der Waals surface area contributed by atoms with E-state index in [0.717, 1.165) is 28.0 Å². The van der Waals surface area contributed by atoms with Gasteiger partial charge >= 0.3 is 5.97 Å². The summed E-state index contributed by atoms with van der Waals surface area (Å²) in [5.41, 5.74) is 1.59. The summed E-state index contributed by atoms with van der Waals surface area (Å²) < 4.78 is 0.221. The summed E-state index contributed by atoms with van der Waals surface area (Å²) in [4.78, 5) is 28.6. The van der Waals surface area contributed by atoms with E-state index in [1.165, 1.54) is 0 Å². The number of fused-ring (bicyclic) bond motifs is 1. The molecule has 3 rings (SSSR count). The van der Waals surface area contributed by atoms with Crippen molar-refractivity contribution in [2.45, 2.75) is 0 Å². The third kappa shape index (κ3) is 2.63. The van der Waals surface area contributed by atoms with Gasteiger partial charge in [-0.2, -0.15) is 0 Å². The zero-order valence-corrected chi connectivity index (χ0v) is 15.7. The van der Waals surface area contributed by atoms with Crippen molar-refractivity contribution in [1.82, 2.24) is 4.90 Å². The molecule has 0 unspecified atom stereocenters. The molecule has 0 radical (unpaired) electrons. The highest BCUT2D eigenvalue weighted by atomic mass is 35.5. The van der Waals surface area contributed by atoms with Gasteiger partial charge in [0.25, 0.3) is 5.91 Å². The number of rotatable bonds is 2. The normalized spacial score (nSPS) is 17.2. The molecule has 0 saturated carbocycles. The number of carboxylic acid groups (broad SMARTS) is 1. The first-order valence-electron chi connectivity index (χ1n) is 6.68. The number of halogens is 2. The van der Waals surface area contributed by atoms with Crippen molar-refractivity contribution in [2.24, 2.45) is 0 Å². The third-order valence-electron chi connectivity index (χ3n) is 3.72. The first-order chi connectivity index (χ1) is 11.2. The van der Waals surface area contributed by atoms with E-state index in [0.29, 0.717) is 20.8 Å². The summed E-state index contributed by atoms with van der Waals surface area (Å²) in [6.07, 6.45) is 0. The van der Waals surface area contributed by atoms with Gasteiger partial charge in [0.1, 0.15) is 21.6 Å². The van der Waals surface area contributed by atoms with Crippen LogP contribution < -0.4 is 9.80 Å². The first-order valence-corrected chi connectivity index (χ1v) is 8.66. The van der Waals surface area contributed by atoms with Gasteiger partial charge in [-0.3, -0.25) is 14.5 Å². The molecule has 126 valence electrons. The minimum Gasteiger partial charge on any atom is -0.480 e. The smallest absolute Gasteiger partial charge is 0.323 e. The Bertz CT molecular complexity index is 791. The number of thioether (sulfide) groups is 1. The quantitative estimate of drug-likeness (QED) is 0.601. The zero-order valence-electron chi connectivity index (χ0n) is 12.5. The van der Waals surface area contributed by atoms with Crippen LogP contribution in [0.5, 0.6) is 0 Å². The lowest BCUT2D eigenvalue weighted by Gasteiger charge is -2.20. The monoisotopic (exact) mass is 403 g/mol. The van der Waals surface area contributed by atoms with Crippen molar-refractivity contribution >= 4 is 74.8 Å². The molecule has 2 aliphatic rings. The molecule has 0 aliphatic carbocycles. The Kier molecular flexibility index (Phi) is 4.41. The maximum absolute atomic E-state index is 12.6. The van der Waals surface area contributed by atoms with E-state index in [1.807, 2.05) is 9.80 Å². The molecule has 0 atom stereocenters. The van der Waals surface area contributed by atoms with E-state index in [-0.39, 0.29) is 4.32 Å².